The normalized spacial score (nSPS) is 13.2. The molecule has 1 aliphatic rings. The highest BCUT2D eigenvalue weighted by atomic mass is 16.6. The van der Waals surface area contributed by atoms with Crippen LogP contribution in [0.25, 0.3) is 11.0 Å². The largest absolute Gasteiger partial charge is 0.486 e. The van der Waals surface area contributed by atoms with Gasteiger partial charge in [-0.25, -0.2) is 0 Å². The number of fused-ring (bicyclic) bond motifs is 2. The SMILES string of the molecule is CC(C)N(Cc1cc2ccccc2o1)C(=O)c1ccc2c(c1)OCCO2. The number of furan rings is 1. The zero-order valence-corrected chi connectivity index (χ0v) is 14.9. The zero-order chi connectivity index (χ0) is 18.1. The molecular weight excluding hydrogens is 330 g/mol. The Kier molecular flexibility index (Phi) is 4.29. The number of ether oxygens (including phenoxy) is 2. The first-order chi connectivity index (χ1) is 12.6. The van der Waals surface area contributed by atoms with Crippen LogP contribution in [0.3, 0.4) is 0 Å². The molecule has 26 heavy (non-hydrogen) atoms. The second-order valence-corrected chi connectivity index (χ2v) is 6.64. The van der Waals surface area contributed by atoms with Gasteiger partial charge >= 0.3 is 0 Å². The quantitative estimate of drug-likeness (QED) is 0.705. The van der Waals surface area contributed by atoms with E-state index in [2.05, 4.69) is 0 Å². The third-order valence-electron chi connectivity index (χ3n) is 4.48. The topological polar surface area (TPSA) is 51.9 Å². The first-order valence-corrected chi connectivity index (χ1v) is 8.80. The molecule has 0 N–H and O–H groups in total. The van der Waals surface area contributed by atoms with E-state index in [0.717, 1.165) is 16.7 Å². The first kappa shape index (κ1) is 16.5. The lowest BCUT2D eigenvalue weighted by Gasteiger charge is -2.26. The van der Waals surface area contributed by atoms with Crippen LogP contribution in [-0.4, -0.2) is 30.1 Å². The number of carbonyl (C=O) groups excluding carboxylic acids is 1. The summed E-state index contributed by atoms with van der Waals surface area (Å²) >= 11 is 0. The molecule has 3 aromatic rings. The van der Waals surface area contributed by atoms with Crippen LogP contribution in [0.5, 0.6) is 11.5 Å². The van der Waals surface area contributed by atoms with Crippen molar-refractivity contribution >= 4 is 16.9 Å². The highest BCUT2D eigenvalue weighted by Crippen LogP contribution is 2.31. The van der Waals surface area contributed by atoms with E-state index in [4.69, 9.17) is 13.9 Å². The van der Waals surface area contributed by atoms with Gasteiger partial charge in [-0.1, -0.05) is 18.2 Å². The summed E-state index contributed by atoms with van der Waals surface area (Å²) in [6.45, 7) is 5.44. The maximum atomic E-state index is 13.1. The molecule has 0 saturated heterocycles. The third kappa shape index (κ3) is 3.12. The lowest BCUT2D eigenvalue weighted by Crippen LogP contribution is -2.36. The van der Waals surface area contributed by atoms with Crippen LogP contribution in [0.15, 0.2) is 52.9 Å². The molecule has 1 amide bonds. The first-order valence-electron chi connectivity index (χ1n) is 8.80. The predicted molar refractivity (Wildman–Crippen MR) is 98.7 cm³/mol. The Labute approximate surface area is 152 Å². The second kappa shape index (κ2) is 6.75. The minimum Gasteiger partial charge on any atom is -0.486 e. The van der Waals surface area contributed by atoms with E-state index in [9.17, 15) is 4.79 Å². The molecule has 4 rings (SSSR count). The number of amides is 1. The summed E-state index contributed by atoms with van der Waals surface area (Å²) in [4.78, 5) is 14.9. The molecule has 1 aliphatic heterocycles. The molecule has 0 radical (unpaired) electrons. The van der Waals surface area contributed by atoms with Crippen LogP contribution in [0.4, 0.5) is 0 Å². The maximum absolute atomic E-state index is 13.1. The minimum atomic E-state index is -0.0579. The molecule has 0 aliphatic carbocycles. The summed E-state index contributed by atoms with van der Waals surface area (Å²) in [6, 6.07) is 15.2. The number of hydrogen-bond acceptors (Lipinski definition) is 4. The highest BCUT2D eigenvalue weighted by Gasteiger charge is 2.23. The lowest BCUT2D eigenvalue weighted by atomic mass is 10.1. The fourth-order valence-electron chi connectivity index (χ4n) is 3.11. The molecule has 0 unspecified atom stereocenters. The molecule has 1 aromatic heterocycles. The number of para-hydroxylation sites is 1. The molecule has 0 saturated carbocycles. The van der Waals surface area contributed by atoms with Crippen LogP contribution >= 0.6 is 0 Å². The minimum absolute atomic E-state index is 0.0314. The van der Waals surface area contributed by atoms with Gasteiger partial charge in [0.25, 0.3) is 5.91 Å². The lowest BCUT2D eigenvalue weighted by molar-refractivity contribution is 0.0676. The van der Waals surface area contributed by atoms with E-state index < -0.39 is 0 Å². The summed E-state index contributed by atoms with van der Waals surface area (Å²) in [6.07, 6.45) is 0. The van der Waals surface area contributed by atoms with Crippen LogP contribution in [0, 0.1) is 0 Å². The number of hydrogen-bond donors (Lipinski definition) is 0. The average molecular weight is 351 g/mol. The van der Waals surface area contributed by atoms with Gasteiger partial charge in [-0.2, -0.15) is 0 Å². The zero-order valence-electron chi connectivity index (χ0n) is 14.9. The van der Waals surface area contributed by atoms with Crippen molar-refractivity contribution in [2.24, 2.45) is 0 Å². The van der Waals surface area contributed by atoms with Gasteiger partial charge in [-0.05, 0) is 44.2 Å². The monoisotopic (exact) mass is 351 g/mol. The van der Waals surface area contributed by atoms with E-state index in [0.29, 0.717) is 36.8 Å². The van der Waals surface area contributed by atoms with Gasteiger partial charge < -0.3 is 18.8 Å². The van der Waals surface area contributed by atoms with Crippen molar-refractivity contribution < 1.29 is 18.7 Å². The molecule has 5 nitrogen and oxygen atoms in total. The predicted octanol–water partition coefficient (Wildman–Crippen LogP) is 4.25. The van der Waals surface area contributed by atoms with E-state index in [-0.39, 0.29) is 11.9 Å². The second-order valence-electron chi connectivity index (χ2n) is 6.64. The standard InChI is InChI=1S/C21H21NO4/c1-14(2)22(13-17-11-15-5-3-4-6-18(15)26-17)21(23)16-7-8-19-20(12-16)25-10-9-24-19/h3-8,11-12,14H,9-10,13H2,1-2H3. The van der Waals surface area contributed by atoms with E-state index in [1.54, 1.807) is 23.1 Å². The smallest absolute Gasteiger partial charge is 0.254 e. The highest BCUT2D eigenvalue weighted by molar-refractivity contribution is 5.95. The number of nitrogens with zero attached hydrogens (tertiary/aromatic N) is 1. The number of rotatable bonds is 4. The Balaban J connectivity index is 1.60. The Morgan fingerprint density at radius 1 is 1.04 bits per heavy atom. The van der Waals surface area contributed by atoms with Crippen LogP contribution in [0.2, 0.25) is 0 Å². The summed E-state index contributed by atoms with van der Waals surface area (Å²) in [7, 11) is 0. The Morgan fingerprint density at radius 3 is 2.58 bits per heavy atom. The van der Waals surface area contributed by atoms with Crippen LogP contribution in [0.1, 0.15) is 30.0 Å². The summed E-state index contributed by atoms with van der Waals surface area (Å²) < 4.78 is 17.0. The Hall–Kier alpha value is -2.95. The number of benzene rings is 2. The fraction of sp³-hybridized carbons (Fsp3) is 0.286. The maximum Gasteiger partial charge on any atom is 0.254 e. The van der Waals surface area contributed by atoms with Crippen molar-refractivity contribution in [3.63, 3.8) is 0 Å². The summed E-state index contributed by atoms with van der Waals surface area (Å²) in [5.74, 6) is 2.01. The molecule has 0 spiro atoms. The van der Waals surface area contributed by atoms with Gasteiger partial charge in [0, 0.05) is 17.0 Å². The third-order valence-corrected chi connectivity index (χ3v) is 4.48. The Bertz CT molecular complexity index is 911. The van der Waals surface area contributed by atoms with Crippen molar-refractivity contribution in [1.29, 1.82) is 0 Å². The molecule has 0 fully saturated rings. The molecule has 2 heterocycles. The van der Waals surface area contributed by atoms with Gasteiger partial charge in [0.15, 0.2) is 11.5 Å². The molecular formula is C21H21NO4. The van der Waals surface area contributed by atoms with Gasteiger partial charge in [0.2, 0.25) is 0 Å². The van der Waals surface area contributed by atoms with Crippen molar-refractivity contribution in [3.05, 3.63) is 59.9 Å². The van der Waals surface area contributed by atoms with Crippen molar-refractivity contribution in [3.8, 4) is 11.5 Å². The van der Waals surface area contributed by atoms with Crippen molar-refractivity contribution in [2.45, 2.75) is 26.4 Å². The van der Waals surface area contributed by atoms with Gasteiger partial charge in [-0.15, -0.1) is 0 Å². The van der Waals surface area contributed by atoms with E-state index >= 15 is 0 Å². The van der Waals surface area contributed by atoms with Crippen molar-refractivity contribution in [1.82, 2.24) is 4.90 Å². The van der Waals surface area contributed by atoms with Gasteiger partial charge in [-0.3, -0.25) is 4.79 Å². The molecule has 5 heteroatoms. The van der Waals surface area contributed by atoms with Crippen LogP contribution < -0.4 is 9.47 Å². The molecule has 134 valence electrons. The fourth-order valence-corrected chi connectivity index (χ4v) is 3.11. The molecule has 0 atom stereocenters. The summed E-state index contributed by atoms with van der Waals surface area (Å²) in [5.41, 5.74) is 1.41. The average Bonchev–Trinajstić information content (AvgIpc) is 3.07. The molecule has 0 bridgehead atoms. The number of carbonyl (C=O) groups is 1. The van der Waals surface area contributed by atoms with Gasteiger partial charge in [0.05, 0.1) is 6.54 Å². The van der Waals surface area contributed by atoms with E-state index in [1.165, 1.54) is 0 Å². The summed E-state index contributed by atoms with van der Waals surface area (Å²) in [5, 5.41) is 1.04. The van der Waals surface area contributed by atoms with Crippen LogP contribution in [-0.2, 0) is 6.54 Å². The molecule has 2 aromatic carbocycles. The van der Waals surface area contributed by atoms with Crippen molar-refractivity contribution in [2.75, 3.05) is 13.2 Å². The van der Waals surface area contributed by atoms with Gasteiger partial charge in [0.1, 0.15) is 24.6 Å². The van der Waals surface area contributed by atoms with E-state index in [1.807, 2.05) is 44.2 Å². The Morgan fingerprint density at radius 2 is 1.81 bits per heavy atom.